The second-order valence-electron chi connectivity index (χ2n) is 4.30. The van der Waals surface area contributed by atoms with Crippen molar-refractivity contribution in [3.63, 3.8) is 0 Å². The van der Waals surface area contributed by atoms with Gasteiger partial charge >= 0.3 is 0 Å². The van der Waals surface area contributed by atoms with Crippen LogP contribution < -0.4 is 10.6 Å². The molecular weight excluding hydrogens is 246 g/mol. The summed E-state index contributed by atoms with van der Waals surface area (Å²) in [5.41, 5.74) is 6.83. The van der Waals surface area contributed by atoms with Crippen molar-refractivity contribution >= 4 is 17.6 Å². The molecule has 0 bridgehead atoms. The quantitative estimate of drug-likeness (QED) is 0.770. The van der Waals surface area contributed by atoms with Crippen LogP contribution in [-0.2, 0) is 11.2 Å². The Bertz CT molecular complexity index is 691. The van der Waals surface area contributed by atoms with Crippen molar-refractivity contribution in [3.8, 4) is 5.69 Å². The number of carbonyl (C=O) groups is 2. The highest BCUT2D eigenvalue weighted by Crippen LogP contribution is 2.27. The van der Waals surface area contributed by atoms with E-state index in [1.165, 1.54) is 9.58 Å². The molecule has 3 rings (SSSR count). The molecule has 96 valence electrons. The Morgan fingerprint density at radius 3 is 2.84 bits per heavy atom. The monoisotopic (exact) mass is 257 g/mol. The molecule has 2 aromatic rings. The highest BCUT2D eigenvalue weighted by molar-refractivity contribution is 6.03. The Hall–Kier alpha value is -2.70. The van der Waals surface area contributed by atoms with E-state index in [1.54, 1.807) is 7.05 Å². The first-order chi connectivity index (χ1) is 9.09. The van der Waals surface area contributed by atoms with E-state index in [1.807, 2.05) is 24.3 Å². The normalized spacial score (nSPS) is 13.7. The average molecular weight is 257 g/mol. The van der Waals surface area contributed by atoms with Crippen LogP contribution in [0.25, 0.3) is 5.69 Å². The fourth-order valence-electron chi connectivity index (χ4n) is 2.17. The predicted octanol–water partition coefficient (Wildman–Crippen LogP) is -0.115. The summed E-state index contributed by atoms with van der Waals surface area (Å²) < 4.78 is 1.47. The molecule has 0 spiro atoms. The summed E-state index contributed by atoms with van der Waals surface area (Å²) in [5.74, 6) is -0.543. The molecule has 2 N–H and O–H groups in total. The molecule has 1 aromatic heterocycles. The van der Waals surface area contributed by atoms with Gasteiger partial charge in [-0.15, -0.1) is 5.10 Å². The fraction of sp³-hybridized carbons (Fsp3) is 0.167. The summed E-state index contributed by atoms with van der Waals surface area (Å²) in [6.07, 6.45) is 0.244. The highest BCUT2D eigenvalue weighted by atomic mass is 16.2. The number of para-hydroxylation sites is 1. The number of fused-ring (bicyclic) bond motifs is 3. The number of primary amides is 1. The van der Waals surface area contributed by atoms with Crippen molar-refractivity contribution < 1.29 is 9.59 Å². The van der Waals surface area contributed by atoms with Gasteiger partial charge in [0.05, 0.1) is 12.1 Å². The molecule has 0 unspecified atom stereocenters. The van der Waals surface area contributed by atoms with Gasteiger partial charge in [-0.1, -0.05) is 23.4 Å². The second kappa shape index (κ2) is 3.91. The van der Waals surface area contributed by atoms with Crippen molar-refractivity contribution in [2.45, 2.75) is 6.42 Å². The molecule has 7 nitrogen and oxygen atoms in total. The van der Waals surface area contributed by atoms with Crippen LogP contribution in [0.3, 0.4) is 0 Å². The molecule has 2 heterocycles. The van der Waals surface area contributed by atoms with Crippen molar-refractivity contribution in [1.29, 1.82) is 0 Å². The van der Waals surface area contributed by atoms with Crippen LogP contribution in [0.15, 0.2) is 24.3 Å². The van der Waals surface area contributed by atoms with E-state index in [9.17, 15) is 9.59 Å². The maximum Gasteiger partial charge on any atom is 0.273 e. The smallest absolute Gasteiger partial charge is 0.273 e. The van der Waals surface area contributed by atoms with E-state index in [0.717, 1.165) is 11.3 Å². The minimum absolute atomic E-state index is 0.00690. The maximum atomic E-state index is 12.1. The number of anilines is 1. The first-order valence-corrected chi connectivity index (χ1v) is 5.70. The molecule has 0 aliphatic carbocycles. The van der Waals surface area contributed by atoms with Gasteiger partial charge in [0, 0.05) is 7.05 Å². The van der Waals surface area contributed by atoms with Crippen molar-refractivity contribution in [3.05, 3.63) is 35.5 Å². The van der Waals surface area contributed by atoms with Gasteiger partial charge in [0.25, 0.3) is 5.91 Å². The Labute approximate surface area is 108 Å². The molecule has 1 aromatic carbocycles. The van der Waals surface area contributed by atoms with Gasteiger partial charge in [-0.25, -0.2) is 0 Å². The van der Waals surface area contributed by atoms with E-state index in [2.05, 4.69) is 10.3 Å². The molecule has 0 saturated heterocycles. The lowest BCUT2D eigenvalue weighted by atomic mass is 10.1. The number of rotatable bonds is 1. The van der Waals surface area contributed by atoms with Gasteiger partial charge in [-0.05, 0) is 11.6 Å². The average Bonchev–Trinajstić information content (AvgIpc) is 2.79. The molecular formula is C12H11N5O2. The van der Waals surface area contributed by atoms with Gasteiger partial charge in [0.2, 0.25) is 5.91 Å². The van der Waals surface area contributed by atoms with E-state index >= 15 is 0 Å². The summed E-state index contributed by atoms with van der Waals surface area (Å²) in [5, 5.41) is 7.70. The number of amides is 2. The van der Waals surface area contributed by atoms with Crippen LogP contribution >= 0.6 is 0 Å². The zero-order valence-corrected chi connectivity index (χ0v) is 10.2. The summed E-state index contributed by atoms with van der Waals surface area (Å²) >= 11 is 0. The van der Waals surface area contributed by atoms with Crippen LogP contribution in [-0.4, -0.2) is 33.9 Å². The lowest BCUT2D eigenvalue weighted by Crippen LogP contribution is -2.30. The Balaban J connectivity index is 2.33. The summed E-state index contributed by atoms with van der Waals surface area (Å²) in [6.45, 7) is 0. The number of nitrogens with zero attached hydrogens (tertiary/aromatic N) is 4. The number of nitrogens with two attached hydrogens (primary N) is 1. The Morgan fingerprint density at radius 1 is 1.37 bits per heavy atom. The molecule has 2 amide bonds. The first kappa shape index (κ1) is 11.4. The molecule has 0 saturated carbocycles. The van der Waals surface area contributed by atoms with Crippen LogP contribution in [0.2, 0.25) is 0 Å². The zero-order valence-electron chi connectivity index (χ0n) is 10.2. The molecule has 0 radical (unpaired) electrons. The van der Waals surface area contributed by atoms with Gasteiger partial charge < -0.3 is 5.73 Å². The lowest BCUT2D eigenvalue weighted by molar-refractivity contribution is -0.117. The van der Waals surface area contributed by atoms with Crippen LogP contribution in [0.1, 0.15) is 16.1 Å². The lowest BCUT2D eigenvalue weighted by Gasteiger charge is -2.14. The van der Waals surface area contributed by atoms with Gasteiger partial charge in [0.15, 0.2) is 11.5 Å². The van der Waals surface area contributed by atoms with Crippen molar-refractivity contribution in [2.24, 2.45) is 5.73 Å². The zero-order chi connectivity index (χ0) is 13.6. The van der Waals surface area contributed by atoms with Crippen molar-refractivity contribution in [2.75, 3.05) is 11.9 Å². The maximum absolute atomic E-state index is 12.1. The number of carbonyl (C=O) groups excluding carboxylic acids is 2. The minimum Gasteiger partial charge on any atom is -0.364 e. The summed E-state index contributed by atoms with van der Waals surface area (Å²) in [7, 11) is 1.58. The number of hydrogen-bond donors (Lipinski definition) is 1. The SMILES string of the molecule is CN1C(=O)Cc2ccccc2-n2nnc(C(N)=O)c21. The number of benzene rings is 1. The number of likely N-dealkylation sites (N-methyl/N-ethyl adjacent to an activating group) is 1. The van der Waals surface area contributed by atoms with Crippen molar-refractivity contribution in [1.82, 2.24) is 15.0 Å². The van der Waals surface area contributed by atoms with E-state index in [-0.39, 0.29) is 18.0 Å². The minimum atomic E-state index is -0.708. The van der Waals surface area contributed by atoms with Gasteiger partial charge in [0.1, 0.15) is 0 Å². The van der Waals surface area contributed by atoms with Gasteiger partial charge in [-0.3, -0.25) is 14.5 Å². The predicted molar refractivity (Wildman–Crippen MR) is 67.0 cm³/mol. The van der Waals surface area contributed by atoms with Gasteiger partial charge in [-0.2, -0.15) is 4.68 Å². The van der Waals surface area contributed by atoms with Crippen LogP contribution in [0.5, 0.6) is 0 Å². The van der Waals surface area contributed by atoms with E-state index in [0.29, 0.717) is 5.82 Å². The number of hydrogen-bond acceptors (Lipinski definition) is 4. The highest BCUT2D eigenvalue weighted by Gasteiger charge is 2.29. The Morgan fingerprint density at radius 2 is 2.11 bits per heavy atom. The van der Waals surface area contributed by atoms with E-state index in [4.69, 9.17) is 5.73 Å². The molecule has 0 fully saturated rings. The third-order valence-electron chi connectivity index (χ3n) is 3.13. The van der Waals surface area contributed by atoms with E-state index < -0.39 is 5.91 Å². The molecule has 0 atom stereocenters. The molecule has 7 heteroatoms. The van der Waals surface area contributed by atoms with Crippen LogP contribution in [0, 0.1) is 0 Å². The first-order valence-electron chi connectivity index (χ1n) is 5.70. The third-order valence-corrected chi connectivity index (χ3v) is 3.13. The van der Waals surface area contributed by atoms with Crippen LogP contribution in [0.4, 0.5) is 5.82 Å². The molecule has 19 heavy (non-hydrogen) atoms. The fourth-order valence-corrected chi connectivity index (χ4v) is 2.17. The second-order valence-corrected chi connectivity index (χ2v) is 4.30. The summed E-state index contributed by atoms with van der Waals surface area (Å²) in [6, 6.07) is 7.36. The summed E-state index contributed by atoms with van der Waals surface area (Å²) in [4.78, 5) is 24.9. The standard InChI is InChI=1S/C12H11N5O2/c1-16-9(18)6-7-4-2-3-5-8(7)17-12(16)10(11(13)19)14-15-17/h2-5H,6H2,1H3,(H2,13,19). The molecule has 1 aliphatic heterocycles. The third kappa shape index (κ3) is 1.59. The largest absolute Gasteiger partial charge is 0.364 e. The topological polar surface area (TPSA) is 94.1 Å². The Kier molecular flexibility index (Phi) is 2.34. The number of aromatic nitrogens is 3. The molecule has 1 aliphatic rings.